The van der Waals surface area contributed by atoms with Crippen LogP contribution in [0, 0.1) is 0 Å². The van der Waals surface area contributed by atoms with Crippen molar-refractivity contribution in [3.05, 3.63) is 59.7 Å². The first-order valence-corrected chi connectivity index (χ1v) is 14.2. The Hall–Kier alpha value is -3.07. The Morgan fingerprint density at radius 1 is 1.00 bits per heavy atom. The van der Waals surface area contributed by atoms with Gasteiger partial charge in [-0.25, -0.2) is 8.42 Å². The third-order valence-corrected chi connectivity index (χ3v) is 7.33. The van der Waals surface area contributed by atoms with E-state index in [1.807, 2.05) is 52.0 Å². The minimum atomic E-state index is -3.76. The van der Waals surface area contributed by atoms with Gasteiger partial charge in [-0.05, 0) is 61.6 Å². The van der Waals surface area contributed by atoms with Gasteiger partial charge in [0, 0.05) is 12.6 Å². The minimum absolute atomic E-state index is 0.0510. The monoisotopic (exact) mass is 517 g/mol. The normalized spacial score (nSPS) is 12.9. The molecule has 2 rings (SSSR count). The summed E-state index contributed by atoms with van der Waals surface area (Å²) in [5, 5.41) is 2.96. The Morgan fingerprint density at radius 2 is 1.67 bits per heavy atom. The zero-order valence-electron chi connectivity index (χ0n) is 22.2. The number of nitrogens with one attached hydrogen (secondary N) is 1. The number of anilines is 1. The van der Waals surface area contributed by atoms with Crippen LogP contribution in [-0.2, 0) is 32.6 Å². The Kier molecular flexibility index (Phi) is 10.8. The third-order valence-electron chi connectivity index (χ3n) is 6.19. The number of carbonyl (C=O) groups excluding carboxylic acids is 2. The van der Waals surface area contributed by atoms with Gasteiger partial charge in [-0.1, -0.05) is 45.0 Å². The van der Waals surface area contributed by atoms with Gasteiger partial charge in [-0.15, -0.1) is 0 Å². The molecule has 1 N–H and O–H groups in total. The molecule has 9 heteroatoms. The number of sulfonamides is 1. The second kappa shape index (κ2) is 13.3. The fraction of sp³-hybridized carbons (Fsp3) is 0.481. The minimum Gasteiger partial charge on any atom is -0.497 e. The van der Waals surface area contributed by atoms with Crippen molar-refractivity contribution >= 4 is 27.5 Å². The molecule has 36 heavy (non-hydrogen) atoms. The Balaban J connectivity index is 2.44. The van der Waals surface area contributed by atoms with Crippen molar-refractivity contribution in [2.45, 2.75) is 65.6 Å². The van der Waals surface area contributed by atoms with Gasteiger partial charge < -0.3 is 15.0 Å². The Bertz CT molecular complexity index is 1120. The molecule has 0 saturated heterocycles. The van der Waals surface area contributed by atoms with E-state index in [0.29, 0.717) is 17.9 Å². The lowest BCUT2D eigenvalue weighted by molar-refractivity contribution is -0.140. The van der Waals surface area contributed by atoms with E-state index in [-0.39, 0.29) is 18.5 Å². The van der Waals surface area contributed by atoms with Crippen LogP contribution < -0.4 is 14.4 Å². The van der Waals surface area contributed by atoms with E-state index in [0.717, 1.165) is 34.5 Å². The van der Waals surface area contributed by atoms with Gasteiger partial charge in [0.15, 0.2) is 0 Å². The van der Waals surface area contributed by atoms with Crippen molar-refractivity contribution < 1.29 is 22.7 Å². The maximum absolute atomic E-state index is 13.7. The zero-order valence-corrected chi connectivity index (χ0v) is 23.0. The SMILES string of the molecule is CCc1ccc(N(CC(=O)N(Cc2cccc(OC)c2)[C@@H](CC)C(=O)N[C@@H](C)CC)S(C)(=O)=O)cc1. The number of rotatable bonds is 13. The van der Waals surface area contributed by atoms with Crippen LogP contribution in [-0.4, -0.2) is 57.1 Å². The number of benzene rings is 2. The lowest BCUT2D eigenvalue weighted by Crippen LogP contribution is -2.53. The van der Waals surface area contributed by atoms with Gasteiger partial charge >= 0.3 is 0 Å². The largest absolute Gasteiger partial charge is 0.497 e. The summed E-state index contributed by atoms with van der Waals surface area (Å²) in [4.78, 5) is 28.4. The van der Waals surface area contributed by atoms with Crippen molar-refractivity contribution in [1.82, 2.24) is 10.2 Å². The number of carbonyl (C=O) groups is 2. The molecule has 2 amide bonds. The van der Waals surface area contributed by atoms with Crippen molar-refractivity contribution in [3.8, 4) is 5.75 Å². The van der Waals surface area contributed by atoms with E-state index < -0.39 is 28.5 Å². The average Bonchev–Trinajstić information content (AvgIpc) is 2.86. The van der Waals surface area contributed by atoms with Gasteiger partial charge in [0.05, 0.1) is 19.1 Å². The first kappa shape index (κ1) is 29.2. The van der Waals surface area contributed by atoms with Gasteiger partial charge in [-0.2, -0.15) is 0 Å². The average molecular weight is 518 g/mol. The van der Waals surface area contributed by atoms with Crippen LogP contribution in [0.4, 0.5) is 5.69 Å². The summed E-state index contributed by atoms with van der Waals surface area (Å²) >= 11 is 0. The van der Waals surface area contributed by atoms with Crippen LogP contribution in [0.2, 0.25) is 0 Å². The van der Waals surface area contributed by atoms with Crippen LogP contribution in [0.3, 0.4) is 0 Å². The first-order chi connectivity index (χ1) is 17.0. The second-order valence-electron chi connectivity index (χ2n) is 8.90. The van der Waals surface area contributed by atoms with Crippen molar-refractivity contribution in [2.24, 2.45) is 0 Å². The molecule has 0 saturated carbocycles. The van der Waals surface area contributed by atoms with Crippen LogP contribution in [0.15, 0.2) is 48.5 Å². The van der Waals surface area contributed by atoms with E-state index in [2.05, 4.69) is 5.32 Å². The molecule has 2 aromatic carbocycles. The number of ether oxygens (including phenoxy) is 1. The molecule has 8 nitrogen and oxygen atoms in total. The molecule has 0 fully saturated rings. The number of hydrogen-bond acceptors (Lipinski definition) is 5. The van der Waals surface area contributed by atoms with Crippen LogP contribution >= 0.6 is 0 Å². The van der Waals surface area contributed by atoms with Crippen molar-refractivity contribution in [1.29, 1.82) is 0 Å². The van der Waals surface area contributed by atoms with E-state index in [1.54, 1.807) is 31.4 Å². The predicted molar refractivity (Wildman–Crippen MR) is 144 cm³/mol. The Morgan fingerprint density at radius 3 is 2.19 bits per heavy atom. The second-order valence-corrected chi connectivity index (χ2v) is 10.8. The fourth-order valence-electron chi connectivity index (χ4n) is 3.84. The quantitative estimate of drug-likeness (QED) is 0.437. The van der Waals surface area contributed by atoms with E-state index in [9.17, 15) is 18.0 Å². The van der Waals surface area contributed by atoms with Crippen LogP contribution in [0.5, 0.6) is 5.75 Å². The molecule has 0 aliphatic heterocycles. The molecular weight excluding hydrogens is 478 g/mol. The summed E-state index contributed by atoms with van der Waals surface area (Å²) in [6, 6.07) is 13.5. The molecule has 2 atom stereocenters. The lowest BCUT2D eigenvalue weighted by atomic mass is 10.1. The van der Waals surface area contributed by atoms with E-state index in [1.165, 1.54) is 4.90 Å². The number of amides is 2. The molecule has 0 bridgehead atoms. The molecule has 0 unspecified atom stereocenters. The first-order valence-electron chi connectivity index (χ1n) is 12.3. The van der Waals surface area contributed by atoms with Crippen molar-refractivity contribution in [3.63, 3.8) is 0 Å². The molecule has 0 aromatic heterocycles. The molecule has 0 aliphatic carbocycles. The van der Waals surface area contributed by atoms with Gasteiger partial charge in [0.25, 0.3) is 0 Å². The summed E-state index contributed by atoms with van der Waals surface area (Å²) < 4.78 is 31.8. The fourth-order valence-corrected chi connectivity index (χ4v) is 4.69. The van der Waals surface area contributed by atoms with Crippen LogP contribution in [0.1, 0.15) is 51.7 Å². The lowest BCUT2D eigenvalue weighted by Gasteiger charge is -2.33. The summed E-state index contributed by atoms with van der Waals surface area (Å²) in [5.74, 6) is -0.0963. The number of aryl methyl sites for hydroxylation is 1. The summed E-state index contributed by atoms with van der Waals surface area (Å²) in [6.45, 7) is 7.45. The maximum atomic E-state index is 13.7. The summed E-state index contributed by atoms with van der Waals surface area (Å²) in [5.41, 5.74) is 2.24. The molecule has 198 valence electrons. The molecule has 0 aliphatic rings. The Labute approximate surface area is 215 Å². The smallest absolute Gasteiger partial charge is 0.244 e. The van der Waals surface area contributed by atoms with Gasteiger partial charge in [0.2, 0.25) is 21.8 Å². The van der Waals surface area contributed by atoms with Crippen molar-refractivity contribution in [2.75, 3.05) is 24.2 Å². The van der Waals surface area contributed by atoms with Gasteiger partial charge in [0.1, 0.15) is 18.3 Å². The summed E-state index contributed by atoms with van der Waals surface area (Å²) in [7, 11) is -2.20. The highest BCUT2D eigenvalue weighted by molar-refractivity contribution is 7.92. The number of nitrogens with zero attached hydrogens (tertiary/aromatic N) is 2. The highest BCUT2D eigenvalue weighted by Gasteiger charge is 2.32. The molecule has 0 spiro atoms. The zero-order chi connectivity index (χ0) is 26.9. The molecule has 2 aromatic rings. The highest BCUT2D eigenvalue weighted by Crippen LogP contribution is 2.22. The standard InChI is InChI=1S/C27H39N3O5S/c1-7-20(4)28-27(32)25(9-3)29(18-22-11-10-12-24(17-22)35-5)26(31)19-30(36(6,33)34)23-15-13-21(8-2)14-16-23/h10-17,20,25H,7-9,18-19H2,1-6H3,(H,28,32)/t20-,25-/m0/s1. The van der Waals surface area contributed by atoms with Crippen LogP contribution in [0.25, 0.3) is 0 Å². The third kappa shape index (κ3) is 7.98. The number of methoxy groups -OCH3 is 1. The highest BCUT2D eigenvalue weighted by atomic mass is 32.2. The summed E-state index contributed by atoms with van der Waals surface area (Å²) in [6.07, 6.45) is 3.02. The molecule has 0 heterocycles. The predicted octanol–water partition coefficient (Wildman–Crippen LogP) is 3.75. The maximum Gasteiger partial charge on any atom is 0.244 e. The number of hydrogen-bond donors (Lipinski definition) is 1. The topological polar surface area (TPSA) is 96.0 Å². The van der Waals surface area contributed by atoms with E-state index >= 15 is 0 Å². The molecule has 0 radical (unpaired) electrons. The van der Waals surface area contributed by atoms with E-state index in [4.69, 9.17) is 4.74 Å². The molecular formula is C27H39N3O5S. The van der Waals surface area contributed by atoms with Gasteiger partial charge in [-0.3, -0.25) is 13.9 Å².